The summed E-state index contributed by atoms with van der Waals surface area (Å²) >= 11 is 0.939. The van der Waals surface area contributed by atoms with Crippen LogP contribution in [0.4, 0.5) is 14.5 Å². The molecular formula is C12H13F2NO3S. The summed E-state index contributed by atoms with van der Waals surface area (Å²) < 4.78 is 26.2. The lowest BCUT2D eigenvalue weighted by molar-refractivity contribution is -0.133. The van der Waals surface area contributed by atoms with Gasteiger partial charge in [0, 0.05) is 18.2 Å². The number of aliphatic carboxylic acids is 1. The number of hydrogen-bond acceptors (Lipinski definition) is 3. The molecule has 4 nitrogen and oxygen atoms in total. The molecule has 0 saturated heterocycles. The van der Waals surface area contributed by atoms with Gasteiger partial charge in [0.15, 0.2) is 0 Å². The standard InChI is InChI=1S/C12H13F2NO3S/c1-12(13,14)8-3-2-4-9(5-8)15-10(16)6-19-7-11(17)18/h2-5H,6-7H2,1H3,(H,15,16)(H,17,18). The predicted octanol–water partition coefficient (Wildman–Crippen LogP) is 2.55. The first-order valence-corrected chi connectivity index (χ1v) is 6.52. The molecule has 1 amide bonds. The van der Waals surface area contributed by atoms with Crippen LogP contribution in [0.3, 0.4) is 0 Å². The van der Waals surface area contributed by atoms with Gasteiger partial charge in [0.1, 0.15) is 0 Å². The minimum Gasteiger partial charge on any atom is -0.481 e. The summed E-state index contributed by atoms with van der Waals surface area (Å²) in [7, 11) is 0. The number of thioether (sulfide) groups is 1. The monoisotopic (exact) mass is 289 g/mol. The van der Waals surface area contributed by atoms with Gasteiger partial charge >= 0.3 is 5.97 Å². The average molecular weight is 289 g/mol. The van der Waals surface area contributed by atoms with E-state index in [2.05, 4.69) is 5.32 Å². The Kier molecular flexibility index (Phi) is 5.29. The van der Waals surface area contributed by atoms with Gasteiger partial charge in [-0.2, -0.15) is 0 Å². The van der Waals surface area contributed by atoms with Crippen LogP contribution >= 0.6 is 11.8 Å². The number of alkyl halides is 2. The van der Waals surface area contributed by atoms with E-state index in [4.69, 9.17) is 5.11 Å². The normalized spacial score (nSPS) is 11.1. The van der Waals surface area contributed by atoms with Crippen LogP contribution in [0.5, 0.6) is 0 Å². The Labute approximate surface area is 113 Å². The molecule has 0 radical (unpaired) electrons. The number of amides is 1. The summed E-state index contributed by atoms with van der Waals surface area (Å²) in [6.07, 6.45) is 0. The summed E-state index contributed by atoms with van der Waals surface area (Å²) in [5, 5.41) is 10.8. The van der Waals surface area contributed by atoms with Crippen LogP contribution in [0.2, 0.25) is 0 Å². The summed E-state index contributed by atoms with van der Waals surface area (Å²) in [4.78, 5) is 21.7. The zero-order valence-corrected chi connectivity index (χ0v) is 11.0. The maximum atomic E-state index is 13.1. The second-order valence-electron chi connectivity index (χ2n) is 3.90. The Morgan fingerprint density at radius 1 is 1.37 bits per heavy atom. The Morgan fingerprint density at radius 2 is 2.05 bits per heavy atom. The highest BCUT2D eigenvalue weighted by Gasteiger charge is 2.24. The number of nitrogens with one attached hydrogen (secondary N) is 1. The minimum atomic E-state index is -2.97. The number of benzene rings is 1. The number of carbonyl (C=O) groups excluding carboxylic acids is 1. The van der Waals surface area contributed by atoms with Gasteiger partial charge in [-0.1, -0.05) is 12.1 Å². The van der Waals surface area contributed by atoms with Crippen LogP contribution in [0.1, 0.15) is 12.5 Å². The number of hydrogen-bond donors (Lipinski definition) is 2. The summed E-state index contributed by atoms with van der Waals surface area (Å²) in [5.41, 5.74) is 0.0726. The molecule has 7 heteroatoms. The number of rotatable bonds is 6. The van der Waals surface area contributed by atoms with Crippen molar-refractivity contribution in [2.75, 3.05) is 16.8 Å². The molecule has 0 aliphatic carbocycles. The van der Waals surface area contributed by atoms with Gasteiger partial charge < -0.3 is 10.4 Å². The molecule has 0 atom stereocenters. The molecule has 2 N–H and O–H groups in total. The fourth-order valence-corrected chi connectivity index (χ4v) is 1.83. The van der Waals surface area contributed by atoms with Crippen LogP contribution < -0.4 is 5.32 Å². The Balaban J connectivity index is 2.57. The molecule has 19 heavy (non-hydrogen) atoms. The molecule has 0 aliphatic rings. The highest BCUT2D eigenvalue weighted by atomic mass is 32.2. The fourth-order valence-electron chi connectivity index (χ4n) is 1.30. The Hall–Kier alpha value is -1.63. The van der Waals surface area contributed by atoms with Crippen molar-refractivity contribution in [3.63, 3.8) is 0 Å². The maximum Gasteiger partial charge on any atom is 0.313 e. The van der Waals surface area contributed by atoms with E-state index in [-0.39, 0.29) is 22.8 Å². The van der Waals surface area contributed by atoms with Crippen LogP contribution in [0.15, 0.2) is 24.3 Å². The van der Waals surface area contributed by atoms with E-state index in [1.807, 2.05) is 0 Å². The van der Waals surface area contributed by atoms with Crippen LogP contribution in [0.25, 0.3) is 0 Å². The van der Waals surface area contributed by atoms with Crippen LogP contribution in [0, 0.1) is 0 Å². The van der Waals surface area contributed by atoms with Crippen molar-refractivity contribution in [3.05, 3.63) is 29.8 Å². The summed E-state index contributed by atoms with van der Waals surface area (Å²) in [5.74, 6) is -4.63. The van der Waals surface area contributed by atoms with Crippen molar-refractivity contribution in [2.45, 2.75) is 12.8 Å². The molecule has 0 aromatic heterocycles. The van der Waals surface area contributed by atoms with Gasteiger partial charge in [-0.25, -0.2) is 8.78 Å². The highest BCUT2D eigenvalue weighted by Crippen LogP contribution is 2.28. The van der Waals surface area contributed by atoms with E-state index >= 15 is 0 Å². The summed E-state index contributed by atoms with van der Waals surface area (Å²) in [6, 6.07) is 5.39. The lowest BCUT2D eigenvalue weighted by Crippen LogP contribution is -2.16. The molecule has 0 aliphatic heterocycles. The Bertz CT molecular complexity index is 474. The second kappa shape index (κ2) is 6.51. The highest BCUT2D eigenvalue weighted by molar-refractivity contribution is 8.00. The van der Waals surface area contributed by atoms with Gasteiger partial charge in [-0.15, -0.1) is 11.8 Å². The van der Waals surface area contributed by atoms with Gasteiger partial charge in [0.2, 0.25) is 5.91 Å². The first kappa shape index (κ1) is 15.4. The maximum absolute atomic E-state index is 13.1. The van der Waals surface area contributed by atoms with Crippen molar-refractivity contribution in [1.82, 2.24) is 0 Å². The van der Waals surface area contributed by atoms with E-state index < -0.39 is 17.8 Å². The smallest absolute Gasteiger partial charge is 0.313 e. The first-order valence-electron chi connectivity index (χ1n) is 5.37. The number of carboxylic acids is 1. The molecule has 1 aromatic rings. The van der Waals surface area contributed by atoms with Gasteiger partial charge in [0.05, 0.1) is 11.5 Å². The molecule has 0 bridgehead atoms. The molecule has 1 rings (SSSR count). The van der Waals surface area contributed by atoms with Crippen molar-refractivity contribution in [2.24, 2.45) is 0 Å². The minimum absolute atomic E-state index is 0.0426. The van der Waals surface area contributed by atoms with E-state index in [1.54, 1.807) is 0 Å². The third kappa shape index (κ3) is 5.69. The predicted molar refractivity (Wildman–Crippen MR) is 69.6 cm³/mol. The van der Waals surface area contributed by atoms with Crippen molar-refractivity contribution >= 4 is 29.3 Å². The lowest BCUT2D eigenvalue weighted by Gasteiger charge is -2.12. The molecule has 104 valence electrons. The third-order valence-corrected chi connectivity index (χ3v) is 3.03. The third-order valence-electron chi connectivity index (χ3n) is 2.11. The van der Waals surface area contributed by atoms with Crippen molar-refractivity contribution in [1.29, 1.82) is 0 Å². The largest absolute Gasteiger partial charge is 0.481 e. The zero-order valence-electron chi connectivity index (χ0n) is 10.2. The van der Waals surface area contributed by atoms with Gasteiger partial charge in [0.25, 0.3) is 5.92 Å². The van der Waals surface area contributed by atoms with Gasteiger partial charge in [-0.05, 0) is 12.1 Å². The van der Waals surface area contributed by atoms with Crippen molar-refractivity contribution in [3.8, 4) is 0 Å². The van der Waals surface area contributed by atoms with E-state index in [0.29, 0.717) is 0 Å². The van der Waals surface area contributed by atoms with E-state index in [0.717, 1.165) is 18.7 Å². The lowest BCUT2D eigenvalue weighted by atomic mass is 10.1. The van der Waals surface area contributed by atoms with Crippen molar-refractivity contribution < 1.29 is 23.5 Å². The van der Waals surface area contributed by atoms with Gasteiger partial charge in [-0.3, -0.25) is 9.59 Å². The quantitative estimate of drug-likeness (QED) is 0.844. The average Bonchev–Trinajstić information content (AvgIpc) is 2.27. The SMILES string of the molecule is CC(F)(F)c1cccc(NC(=O)CSCC(=O)O)c1. The van der Waals surface area contributed by atoms with E-state index in [1.165, 1.54) is 24.3 Å². The molecule has 0 saturated carbocycles. The topological polar surface area (TPSA) is 66.4 Å². The van der Waals surface area contributed by atoms with Crippen LogP contribution in [-0.2, 0) is 15.5 Å². The first-order chi connectivity index (χ1) is 8.79. The molecule has 0 fully saturated rings. The van der Waals surface area contributed by atoms with E-state index in [9.17, 15) is 18.4 Å². The Morgan fingerprint density at radius 3 is 2.63 bits per heavy atom. The fraction of sp³-hybridized carbons (Fsp3) is 0.333. The number of anilines is 1. The van der Waals surface area contributed by atoms with Crippen LogP contribution in [-0.4, -0.2) is 28.5 Å². The zero-order chi connectivity index (χ0) is 14.5. The number of halogens is 2. The number of carbonyl (C=O) groups is 2. The molecular weight excluding hydrogens is 276 g/mol. The summed E-state index contributed by atoms with van der Waals surface area (Å²) in [6.45, 7) is 0.774. The molecule has 0 spiro atoms. The number of carboxylic acid groups (broad SMARTS) is 1. The second-order valence-corrected chi connectivity index (χ2v) is 4.89. The molecule has 1 aromatic carbocycles. The molecule has 0 unspecified atom stereocenters. The molecule has 0 heterocycles.